The first-order valence-corrected chi connectivity index (χ1v) is 7.30. The highest BCUT2D eigenvalue weighted by Crippen LogP contribution is 2.28. The molecule has 0 radical (unpaired) electrons. The minimum Gasteiger partial charge on any atom is -0.338 e. The summed E-state index contributed by atoms with van der Waals surface area (Å²) in [4.78, 5) is 24.7. The van der Waals surface area contributed by atoms with Crippen molar-refractivity contribution in [2.75, 3.05) is 13.1 Å². The summed E-state index contributed by atoms with van der Waals surface area (Å²) in [5, 5.41) is 11.2. The van der Waals surface area contributed by atoms with Crippen LogP contribution in [0.15, 0.2) is 12.1 Å². The maximum absolute atomic E-state index is 13.6. The van der Waals surface area contributed by atoms with Crippen LogP contribution in [0, 0.1) is 28.8 Å². The van der Waals surface area contributed by atoms with Gasteiger partial charge in [-0.15, -0.1) is 12.4 Å². The fraction of sp³-hybridized carbons (Fsp3) is 0.533. The molecule has 1 saturated heterocycles. The second kappa shape index (κ2) is 7.70. The van der Waals surface area contributed by atoms with E-state index in [1.54, 1.807) is 4.90 Å². The summed E-state index contributed by atoms with van der Waals surface area (Å²) < 4.78 is 13.6. The molecule has 1 heterocycles. The van der Waals surface area contributed by atoms with Gasteiger partial charge >= 0.3 is 0 Å². The van der Waals surface area contributed by atoms with Crippen LogP contribution < -0.4 is 5.73 Å². The Morgan fingerprint density at radius 3 is 2.74 bits per heavy atom. The quantitative estimate of drug-likeness (QED) is 0.673. The number of rotatable bonds is 3. The standard InChI is InChI=1S/C15H20FN3O3.ClH/c1-9-6-12(16)7-13(14(9)19(21)22)15(20)18-5-3-4-11(8-18)10(2)17;/h6-7,10-11H,3-5,8,17H2,1-2H3;1H. The molecule has 2 unspecified atom stereocenters. The second-order valence-corrected chi connectivity index (χ2v) is 5.89. The lowest BCUT2D eigenvalue weighted by atomic mass is 9.91. The first kappa shape index (κ1) is 19.3. The lowest BCUT2D eigenvalue weighted by Gasteiger charge is -2.34. The van der Waals surface area contributed by atoms with Crippen molar-refractivity contribution in [2.45, 2.75) is 32.7 Å². The molecule has 0 saturated carbocycles. The lowest BCUT2D eigenvalue weighted by Crippen LogP contribution is -2.45. The Labute approximate surface area is 140 Å². The van der Waals surface area contributed by atoms with Gasteiger partial charge in [-0.1, -0.05) is 0 Å². The topological polar surface area (TPSA) is 89.5 Å². The number of nitrogens with two attached hydrogens (primary N) is 1. The largest absolute Gasteiger partial charge is 0.338 e. The molecule has 1 aliphatic rings. The Morgan fingerprint density at radius 2 is 2.17 bits per heavy atom. The number of likely N-dealkylation sites (tertiary alicyclic amines) is 1. The van der Waals surface area contributed by atoms with Gasteiger partial charge in [0, 0.05) is 24.7 Å². The third-order valence-electron chi connectivity index (χ3n) is 4.17. The summed E-state index contributed by atoms with van der Waals surface area (Å²) in [5.41, 5.74) is 5.52. The van der Waals surface area contributed by atoms with Crippen molar-refractivity contribution in [3.05, 3.63) is 39.2 Å². The van der Waals surface area contributed by atoms with Crippen LogP contribution in [0.1, 0.15) is 35.7 Å². The van der Waals surface area contributed by atoms with E-state index in [0.29, 0.717) is 13.1 Å². The van der Waals surface area contributed by atoms with Gasteiger partial charge in [0.25, 0.3) is 11.6 Å². The number of hydrogen-bond donors (Lipinski definition) is 1. The summed E-state index contributed by atoms with van der Waals surface area (Å²) in [6.07, 6.45) is 1.71. The number of benzene rings is 1. The van der Waals surface area contributed by atoms with Gasteiger partial charge in [-0.05, 0) is 44.7 Å². The molecule has 0 spiro atoms. The zero-order valence-electron chi connectivity index (χ0n) is 13.1. The number of nitrogens with zero attached hydrogens (tertiary/aromatic N) is 2. The van der Waals surface area contributed by atoms with Gasteiger partial charge in [-0.3, -0.25) is 14.9 Å². The third-order valence-corrected chi connectivity index (χ3v) is 4.17. The van der Waals surface area contributed by atoms with Crippen molar-refractivity contribution in [3.8, 4) is 0 Å². The number of nitro benzene ring substituents is 1. The Hall–Kier alpha value is -1.73. The summed E-state index contributed by atoms with van der Waals surface area (Å²) >= 11 is 0. The zero-order chi connectivity index (χ0) is 16.4. The van der Waals surface area contributed by atoms with E-state index >= 15 is 0 Å². The van der Waals surface area contributed by atoms with Gasteiger partial charge in [0.2, 0.25) is 0 Å². The molecule has 23 heavy (non-hydrogen) atoms. The molecule has 6 nitrogen and oxygen atoms in total. The number of nitro groups is 1. The van der Waals surface area contributed by atoms with E-state index < -0.39 is 16.6 Å². The average Bonchev–Trinajstić information content (AvgIpc) is 2.45. The molecule has 8 heteroatoms. The Kier molecular flexibility index (Phi) is 6.47. The van der Waals surface area contributed by atoms with E-state index in [-0.39, 0.29) is 41.2 Å². The molecule has 1 amide bonds. The number of hydrogen-bond acceptors (Lipinski definition) is 4. The Balaban J connectivity index is 0.00000264. The molecule has 0 bridgehead atoms. The van der Waals surface area contributed by atoms with E-state index in [1.165, 1.54) is 6.92 Å². The molecule has 2 N–H and O–H groups in total. The third kappa shape index (κ3) is 4.17. The fourth-order valence-corrected chi connectivity index (χ4v) is 2.93. The van der Waals surface area contributed by atoms with Crippen molar-refractivity contribution in [1.29, 1.82) is 0 Å². The van der Waals surface area contributed by atoms with E-state index in [2.05, 4.69) is 0 Å². The number of aryl methyl sites for hydroxylation is 1. The van der Waals surface area contributed by atoms with E-state index in [1.807, 2.05) is 6.92 Å². The van der Waals surface area contributed by atoms with E-state index in [9.17, 15) is 19.3 Å². The SMILES string of the molecule is Cc1cc(F)cc(C(=O)N2CCCC(C(C)N)C2)c1[N+](=O)[O-].Cl. The minimum absolute atomic E-state index is 0. The molecule has 1 fully saturated rings. The lowest BCUT2D eigenvalue weighted by molar-refractivity contribution is -0.385. The van der Waals surface area contributed by atoms with Gasteiger partial charge in [0.1, 0.15) is 11.4 Å². The molecular weight excluding hydrogens is 325 g/mol. The average molecular weight is 346 g/mol. The minimum atomic E-state index is -0.646. The summed E-state index contributed by atoms with van der Waals surface area (Å²) in [7, 11) is 0. The second-order valence-electron chi connectivity index (χ2n) is 5.89. The van der Waals surface area contributed by atoms with Crippen LogP contribution in [0.5, 0.6) is 0 Å². The normalized spacial score (nSPS) is 19.0. The van der Waals surface area contributed by atoms with E-state index in [4.69, 9.17) is 5.73 Å². The van der Waals surface area contributed by atoms with Crippen molar-refractivity contribution in [1.82, 2.24) is 4.90 Å². The molecular formula is C15H21ClFN3O3. The van der Waals surface area contributed by atoms with Crippen LogP contribution in [-0.2, 0) is 0 Å². The van der Waals surface area contributed by atoms with Crippen LogP contribution in [0.4, 0.5) is 10.1 Å². The number of carbonyl (C=O) groups excluding carboxylic acids is 1. The van der Waals surface area contributed by atoms with Crippen LogP contribution in [0.2, 0.25) is 0 Å². The van der Waals surface area contributed by atoms with Crippen molar-refractivity contribution in [3.63, 3.8) is 0 Å². The molecule has 0 aliphatic carbocycles. The molecule has 2 atom stereocenters. The van der Waals surface area contributed by atoms with Crippen LogP contribution in [0.3, 0.4) is 0 Å². The highest BCUT2D eigenvalue weighted by atomic mass is 35.5. The highest BCUT2D eigenvalue weighted by Gasteiger charge is 2.31. The summed E-state index contributed by atoms with van der Waals surface area (Å²) in [5.74, 6) is -0.988. The van der Waals surface area contributed by atoms with Gasteiger partial charge in [-0.2, -0.15) is 0 Å². The smallest absolute Gasteiger partial charge is 0.285 e. The first-order valence-electron chi connectivity index (χ1n) is 7.30. The maximum atomic E-state index is 13.6. The van der Waals surface area contributed by atoms with Crippen LogP contribution in [-0.4, -0.2) is 34.9 Å². The van der Waals surface area contributed by atoms with Crippen LogP contribution in [0.25, 0.3) is 0 Å². The summed E-state index contributed by atoms with van der Waals surface area (Å²) in [6, 6.07) is 1.96. The molecule has 2 rings (SSSR count). The zero-order valence-corrected chi connectivity index (χ0v) is 13.9. The predicted molar refractivity (Wildman–Crippen MR) is 87.3 cm³/mol. The predicted octanol–water partition coefficient (Wildman–Crippen LogP) is 2.66. The summed E-state index contributed by atoms with van der Waals surface area (Å²) in [6.45, 7) is 4.27. The molecule has 1 aliphatic heterocycles. The van der Waals surface area contributed by atoms with Gasteiger partial charge < -0.3 is 10.6 Å². The van der Waals surface area contributed by atoms with E-state index in [0.717, 1.165) is 25.0 Å². The van der Waals surface area contributed by atoms with Crippen molar-refractivity contribution >= 4 is 24.0 Å². The maximum Gasteiger partial charge on any atom is 0.285 e. The number of piperidine rings is 1. The molecule has 1 aromatic rings. The Morgan fingerprint density at radius 1 is 1.52 bits per heavy atom. The van der Waals surface area contributed by atoms with Crippen molar-refractivity contribution in [2.24, 2.45) is 11.7 Å². The fourth-order valence-electron chi connectivity index (χ4n) is 2.93. The van der Waals surface area contributed by atoms with Gasteiger partial charge in [-0.25, -0.2) is 4.39 Å². The number of carbonyl (C=O) groups is 1. The molecule has 1 aromatic carbocycles. The van der Waals surface area contributed by atoms with Crippen molar-refractivity contribution < 1.29 is 14.1 Å². The van der Waals surface area contributed by atoms with Crippen LogP contribution >= 0.6 is 12.4 Å². The molecule has 128 valence electrons. The number of halogens is 2. The highest BCUT2D eigenvalue weighted by molar-refractivity contribution is 5.98. The van der Waals surface area contributed by atoms with Gasteiger partial charge in [0.05, 0.1) is 4.92 Å². The van der Waals surface area contributed by atoms with Gasteiger partial charge in [0.15, 0.2) is 0 Å². The monoisotopic (exact) mass is 345 g/mol. The Bertz CT molecular complexity index is 610. The molecule has 0 aromatic heterocycles. The number of amides is 1. The first-order chi connectivity index (χ1) is 10.3.